The van der Waals surface area contributed by atoms with Gasteiger partial charge in [-0.15, -0.1) is 11.6 Å². The van der Waals surface area contributed by atoms with Crippen LogP contribution in [-0.2, 0) is 14.8 Å². The summed E-state index contributed by atoms with van der Waals surface area (Å²) >= 11 is 5.74. The Morgan fingerprint density at radius 1 is 1.24 bits per heavy atom. The molecule has 0 bridgehead atoms. The molecule has 0 saturated carbocycles. The normalized spacial score (nSPS) is 27.6. The first-order valence-corrected chi connectivity index (χ1v) is 10.0. The van der Waals surface area contributed by atoms with Crippen LogP contribution in [0.5, 0.6) is 0 Å². The van der Waals surface area contributed by atoms with E-state index in [-0.39, 0.29) is 11.7 Å². The van der Waals surface area contributed by atoms with E-state index in [9.17, 15) is 8.42 Å². The number of hydrogen-bond acceptors (Lipinski definition) is 4. The average Bonchev–Trinajstić information content (AvgIpc) is 2.82. The number of sulfonamides is 1. The van der Waals surface area contributed by atoms with Crippen LogP contribution < -0.4 is 0 Å². The minimum Gasteiger partial charge on any atom is -0.377 e. The molecule has 0 spiro atoms. The van der Waals surface area contributed by atoms with Gasteiger partial charge in [0.2, 0.25) is 10.0 Å². The Morgan fingerprint density at radius 2 is 2.05 bits per heavy atom. The number of alkyl halides is 1. The van der Waals surface area contributed by atoms with Crippen molar-refractivity contribution in [3.8, 4) is 0 Å². The molecule has 0 aliphatic carbocycles. The first kappa shape index (κ1) is 17.5. The lowest BCUT2D eigenvalue weighted by Gasteiger charge is -2.24. The van der Waals surface area contributed by atoms with Gasteiger partial charge in [0.25, 0.3) is 0 Å². The van der Waals surface area contributed by atoms with Crippen LogP contribution in [0.4, 0.5) is 0 Å². The van der Waals surface area contributed by atoms with E-state index in [0.29, 0.717) is 25.1 Å². The zero-order valence-electron chi connectivity index (χ0n) is 12.8. The fourth-order valence-electron chi connectivity index (χ4n) is 2.99. The summed E-state index contributed by atoms with van der Waals surface area (Å²) in [5.74, 6) is 0.545. The molecule has 2 aliphatic heterocycles. The van der Waals surface area contributed by atoms with E-state index < -0.39 is 10.0 Å². The second-order valence-corrected chi connectivity index (χ2v) is 8.55. The number of ether oxygens (including phenoxy) is 1. The minimum absolute atomic E-state index is 0.00270. The van der Waals surface area contributed by atoms with E-state index in [2.05, 4.69) is 4.90 Å². The lowest BCUT2D eigenvalue weighted by molar-refractivity contribution is 0.0749. The SMILES string of the molecule is CC(CCl)CS(=O)(=O)N1CCCN(CC2CCCO2)CC1. The van der Waals surface area contributed by atoms with E-state index in [1.54, 1.807) is 4.31 Å². The third-order valence-electron chi connectivity index (χ3n) is 4.19. The molecule has 0 aromatic heterocycles. The van der Waals surface area contributed by atoms with Gasteiger partial charge >= 0.3 is 0 Å². The Kier molecular flexibility index (Phi) is 6.75. The number of hydrogen-bond donors (Lipinski definition) is 0. The molecule has 2 heterocycles. The zero-order chi connectivity index (χ0) is 15.3. The summed E-state index contributed by atoms with van der Waals surface area (Å²) in [6, 6.07) is 0. The summed E-state index contributed by atoms with van der Waals surface area (Å²) in [6.45, 7) is 6.65. The molecule has 2 rings (SSSR count). The van der Waals surface area contributed by atoms with Crippen LogP contribution in [0.25, 0.3) is 0 Å². The van der Waals surface area contributed by atoms with Crippen molar-refractivity contribution in [3.05, 3.63) is 0 Å². The van der Waals surface area contributed by atoms with Gasteiger partial charge in [-0.1, -0.05) is 6.92 Å². The van der Waals surface area contributed by atoms with E-state index in [1.165, 1.54) is 0 Å². The largest absolute Gasteiger partial charge is 0.377 e. The summed E-state index contributed by atoms with van der Waals surface area (Å²) in [6.07, 6.45) is 3.51. The van der Waals surface area contributed by atoms with Gasteiger partial charge in [-0.3, -0.25) is 4.90 Å². The summed E-state index contributed by atoms with van der Waals surface area (Å²) < 4.78 is 32.1. The van der Waals surface area contributed by atoms with Gasteiger partial charge in [0, 0.05) is 38.7 Å². The number of rotatable bonds is 6. The van der Waals surface area contributed by atoms with Crippen molar-refractivity contribution in [2.45, 2.75) is 32.3 Å². The van der Waals surface area contributed by atoms with Crippen molar-refractivity contribution in [3.63, 3.8) is 0 Å². The maximum Gasteiger partial charge on any atom is 0.214 e. The molecule has 5 nitrogen and oxygen atoms in total. The molecule has 2 saturated heterocycles. The second kappa shape index (κ2) is 8.11. The number of halogens is 1. The van der Waals surface area contributed by atoms with Crippen molar-refractivity contribution in [1.29, 1.82) is 0 Å². The van der Waals surface area contributed by atoms with E-state index in [0.717, 1.165) is 45.5 Å². The lowest BCUT2D eigenvalue weighted by Crippen LogP contribution is -2.39. The second-order valence-electron chi connectivity index (χ2n) is 6.23. The van der Waals surface area contributed by atoms with Crippen LogP contribution in [0.3, 0.4) is 0 Å². The first-order valence-electron chi connectivity index (χ1n) is 7.89. The van der Waals surface area contributed by atoms with E-state index in [1.807, 2.05) is 6.92 Å². The third-order valence-corrected chi connectivity index (χ3v) is 6.85. The van der Waals surface area contributed by atoms with Gasteiger partial charge in [0.05, 0.1) is 11.9 Å². The molecule has 0 radical (unpaired) electrons. The predicted molar refractivity (Wildman–Crippen MR) is 85.3 cm³/mol. The molecule has 21 heavy (non-hydrogen) atoms. The van der Waals surface area contributed by atoms with Gasteiger partial charge in [-0.2, -0.15) is 0 Å². The highest BCUT2D eigenvalue weighted by molar-refractivity contribution is 7.89. The Bertz CT molecular complexity index is 412. The molecule has 2 atom stereocenters. The Balaban J connectivity index is 1.84. The molecule has 0 N–H and O–H groups in total. The lowest BCUT2D eigenvalue weighted by atomic mass is 10.2. The average molecular weight is 339 g/mol. The Labute approximate surface area is 133 Å². The smallest absolute Gasteiger partial charge is 0.214 e. The van der Waals surface area contributed by atoms with Gasteiger partial charge in [0.15, 0.2) is 0 Å². The molecule has 2 aliphatic rings. The molecule has 0 amide bonds. The molecule has 124 valence electrons. The fourth-order valence-corrected chi connectivity index (χ4v) is 5.05. The molecule has 2 unspecified atom stereocenters. The summed E-state index contributed by atoms with van der Waals surface area (Å²) in [5.41, 5.74) is 0. The van der Waals surface area contributed by atoms with Crippen LogP contribution in [0.2, 0.25) is 0 Å². The molecule has 7 heteroatoms. The first-order chi connectivity index (χ1) is 10.0. The zero-order valence-corrected chi connectivity index (χ0v) is 14.4. The van der Waals surface area contributed by atoms with Gasteiger partial charge in [-0.25, -0.2) is 12.7 Å². The Morgan fingerprint density at radius 3 is 2.71 bits per heavy atom. The van der Waals surface area contributed by atoms with Crippen molar-refractivity contribution in [1.82, 2.24) is 9.21 Å². The number of nitrogens with zero attached hydrogens (tertiary/aromatic N) is 2. The highest BCUT2D eigenvalue weighted by atomic mass is 35.5. The summed E-state index contributed by atoms with van der Waals surface area (Å²) in [7, 11) is -3.18. The van der Waals surface area contributed by atoms with E-state index in [4.69, 9.17) is 16.3 Å². The van der Waals surface area contributed by atoms with E-state index >= 15 is 0 Å². The maximum absolute atomic E-state index is 12.4. The molecule has 2 fully saturated rings. The molecular formula is C14H27ClN2O3S. The Hall–Kier alpha value is 0.120. The predicted octanol–water partition coefficient (Wildman–Crippen LogP) is 1.38. The quantitative estimate of drug-likeness (QED) is 0.686. The summed E-state index contributed by atoms with van der Waals surface area (Å²) in [4.78, 5) is 2.34. The van der Waals surface area contributed by atoms with Crippen LogP contribution >= 0.6 is 11.6 Å². The third kappa shape index (κ3) is 5.36. The molecular weight excluding hydrogens is 312 g/mol. The highest BCUT2D eigenvalue weighted by Gasteiger charge is 2.28. The maximum atomic E-state index is 12.4. The monoisotopic (exact) mass is 338 g/mol. The van der Waals surface area contributed by atoms with Gasteiger partial charge < -0.3 is 4.74 Å². The minimum atomic E-state index is -3.18. The van der Waals surface area contributed by atoms with Crippen molar-refractivity contribution in [2.24, 2.45) is 5.92 Å². The highest BCUT2D eigenvalue weighted by Crippen LogP contribution is 2.16. The van der Waals surface area contributed by atoms with Gasteiger partial charge in [-0.05, 0) is 31.7 Å². The van der Waals surface area contributed by atoms with Crippen LogP contribution in [-0.4, -0.2) is 74.7 Å². The van der Waals surface area contributed by atoms with Crippen molar-refractivity contribution < 1.29 is 13.2 Å². The van der Waals surface area contributed by atoms with Crippen LogP contribution in [0.15, 0.2) is 0 Å². The fraction of sp³-hybridized carbons (Fsp3) is 1.00. The molecule has 0 aromatic rings. The van der Waals surface area contributed by atoms with Gasteiger partial charge in [0.1, 0.15) is 0 Å². The summed E-state index contributed by atoms with van der Waals surface area (Å²) in [5, 5.41) is 0. The van der Waals surface area contributed by atoms with Crippen LogP contribution in [0, 0.1) is 5.92 Å². The molecule has 0 aromatic carbocycles. The van der Waals surface area contributed by atoms with Crippen molar-refractivity contribution in [2.75, 3.05) is 51.0 Å². The standard InChI is InChI=1S/C14H27ClN2O3S/c1-13(10-15)12-21(18,19)17-6-3-5-16(7-8-17)11-14-4-2-9-20-14/h13-14H,2-12H2,1H3. The van der Waals surface area contributed by atoms with Crippen LogP contribution in [0.1, 0.15) is 26.2 Å². The topological polar surface area (TPSA) is 49.9 Å². The van der Waals surface area contributed by atoms with Crippen molar-refractivity contribution >= 4 is 21.6 Å².